The molecule has 0 aromatic carbocycles. The minimum Gasteiger partial charge on any atom is -0.516 e. The first-order chi connectivity index (χ1) is 8.40. The van der Waals surface area contributed by atoms with Gasteiger partial charge in [0.25, 0.3) is 0 Å². The Morgan fingerprint density at radius 3 is 1.37 bits per heavy atom. The molecule has 0 radical (unpaired) electrons. The van der Waals surface area contributed by atoms with Gasteiger partial charge in [-0.05, 0) is 5.44 Å². The van der Waals surface area contributed by atoms with E-state index in [1.165, 1.54) is 0 Å². The molecule has 0 rings (SSSR count). The van der Waals surface area contributed by atoms with Crippen molar-refractivity contribution in [1.82, 2.24) is 0 Å². The second-order valence-corrected chi connectivity index (χ2v) is 4.44. The largest absolute Gasteiger partial charge is 0.516 e. The standard InChI is InChI=1S/C4H8N2OS2.C4H7N2OS2.Ni/c2*5-1-3(8)7-4(9)2-6;/h1-6,8-9H;1,3-6,8-9H;/q;-1;. The molecule has 0 aliphatic carbocycles. The maximum Gasteiger partial charge on any atom is 0.137 e. The van der Waals surface area contributed by atoms with E-state index in [0.717, 1.165) is 18.6 Å². The Hall–Kier alpha value is 0.494. The topological polar surface area (TPSA) is 114 Å². The smallest absolute Gasteiger partial charge is 0.137 e. The van der Waals surface area contributed by atoms with Gasteiger partial charge in [0.15, 0.2) is 0 Å². The molecule has 6 nitrogen and oxygen atoms in total. The first-order valence-corrected chi connectivity index (χ1v) is 6.45. The van der Waals surface area contributed by atoms with Gasteiger partial charge in [-0.15, -0.1) is 37.9 Å². The fourth-order valence-corrected chi connectivity index (χ4v) is 1.13. The number of hydrogen-bond acceptors (Lipinski definition) is 10. The molecule has 4 atom stereocenters. The van der Waals surface area contributed by atoms with Crippen LogP contribution in [-0.4, -0.2) is 46.6 Å². The summed E-state index contributed by atoms with van der Waals surface area (Å²) in [6.45, 7) is 0. The van der Waals surface area contributed by atoms with E-state index in [-0.39, 0.29) is 16.5 Å². The van der Waals surface area contributed by atoms with Crippen LogP contribution in [0.5, 0.6) is 0 Å². The van der Waals surface area contributed by atoms with E-state index >= 15 is 0 Å². The molecule has 0 aliphatic heterocycles. The third kappa shape index (κ3) is 18.5. The molecule has 0 saturated heterocycles. The van der Waals surface area contributed by atoms with Crippen LogP contribution in [0.25, 0.3) is 0 Å². The van der Waals surface area contributed by atoms with E-state index in [9.17, 15) is 0 Å². The van der Waals surface area contributed by atoms with Gasteiger partial charge in [0.05, 0.1) is 0 Å². The normalized spacial score (nSPS) is 15.4. The van der Waals surface area contributed by atoms with Crippen molar-refractivity contribution in [2.45, 2.75) is 21.7 Å². The van der Waals surface area contributed by atoms with Gasteiger partial charge in [0.2, 0.25) is 0 Å². The SMILES string of the molecule is N=CC(S)OC(S)C=N.N=[C-]C(S)OC(S)C=N.[Ni]. The van der Waals surface area contributed by atoms with Gasteiger partial charge in [-0.2, -0.15) is 12.6 Å². The summed E-state index contributed by atoms with van der Waals surface area (Å²) in [6, 6.07) is 0. The Bertz CT molecular complexity index is 225. The van der Waals surface area contributed by atoms with E-state index in [1.54, 1.807) is 0 Å². The summed E-state index contributed by atoms with van der Waals surface area (Å²) < 4.78 is 9.53. The zero-order valence-electron chi connectivity index (χ0n) is 9.46. The molecule has 0 amide bonds. The Morgan fingerprint density at radius 2 is 1.11 bits per heavy atom. The first kappa shape index (κ1) is 24.5. The minimum absolute atomic E-state index is 0. The van der Waals surface area contributed by atoms with Gasteiger partial charge in [-0.25, -0.2) is 0 Å². The van der Waals surface area contributed by atoms with E-state index in [2.05, 4.69) is 50.5 Å². The van der Waals surface area contributed by atoms with Gasteiger partial charge in [-0.1, -0.05) is 0 Å². The van der Waals surface area contributed by atoms with Crippen molar-refractivity contribution in [2.75, 3.05) is 0 Å². The van der Waals surface area contributed by atoms with Crippen LogP contribution >= 0.6 is 50.5 Å². The molecule has 0 aliphatic rings. The molecule has 114 valence electrons. The number of rotatable bonds is 8. The van der Waals surface area contributed by atoms with Gasteiger partial charge in [0.1, 0.15) is 16.3 Å². The van der Waals surface area contributed by atoms with Gasteiger partial charge in [-0.3, -0.25) is 0 Å². The molecule has 0 heterocycles. The van der Waals surface area contributed by atoms with Crippen LogP contribution in [0.15, 0.2) is 0 Å². The molecule has 0 aromatic rings. The van der Waals surface area contributed by atoms with E-state index in [1.807, 2.05) is 6.21 Å². The van der Waals surface area contributed by atoms with Crippen molar-refractivity contribution < 1.29 is 26.0 Å². The molecule has 0 aromatic heterocycles. The zero-order chi connectivity index (χ0) is 14.6. The summed E-state index contributed by atoms with van der Waals surface area (Å²) in [6.07, 6.45) is 5.02. The third-order valence-corrected chi connectivity index (χ3v) is 2.16. The van der Waals surface area contributed by atoms with E-state index < -0.39 is 21.7 Å². The van der Waals surface area contributed by atoms with Crippen molar-refractivity contribution >= 4 is 75.4 Å². The molecule has 4 unspecified atom stereocenters. The van der Waals surface area contributed by atoms with E-state index in [0.29, 0.717) is 0 Å². The fourth-order valence-electron chi connectivity index (χ4n) is 0.427. The molecule has 0 bridgehead atoms. The Balaban J connectivity index is -0.000000256. The molecule has 4 N–H and O–H groups in total. The van der Waals surface area contributed by atoms with Crippen molar-refractivity contribution in [1.29, 1.82) is 21.6 Å². The van der Waals surface area contributed by atoms with Crippen LogP contribution in [-0.2, 0) is 26.0 Å². The summed E-state index contributed by atoms with van der Waals surface area (Å²) in [5.74, 6) is 0. The molecule has 0 saturated carbocycles. The minimum atomic E-state index is -0.686. The molecule has 11 heteroatoms. The molecule has 19 heavy (non-hydrogen) atoms. The Labute approximate surface area is 144 Å². The summed E-state index contributed by atoms with van der Waals surface area (Å²) in [7, 11) is 0. The first-order valence-electron chi connectivity index (χ1n) is 4.38. The number of thiol groups is 4. The Morgan fingerprint density at radius 1 is 0.789 bits per heavy atom. The fraction of sp³-hybridized carbons (Fsp3) is 0.500. The Kier molecular flexibility index (Phi) is 21.3. The number of nitrogens with one attached hydrogen (secondary N) is 4. The van der Waals surface area contributed by atoms with Crippen LogP contribution in [0, 0.1) is 21.6 Å². The predicted octanol–water partition coefficient (Wildman–Crippen LogP) is 1.50. The summed E-state index contributed by atoms with van der Waals surface area (Å²) in [4.78, 5) is 0. The zero-order valence-corrected chi connectivity index (χ0v) is 14.0. The second kappa shape index (κ2) is 16.5. The summed E-state index contributed by atoms with van der Waals surface area (Å²) in [5.41, 5.74) is -2.40. The monoisotopic (exact) mass is 385 g/mol. The molecular weight excluding hydrogens is 371 g/mol. The van der Waals surface area contributed by atoms with Crippen molar-refractivity contribution in [3.63, 3.8) is 0 Å². The second-order valence-electron chi connectivity index (χ2n) is 2.44. The van der Waals surface area contributed by atoms with Crippen LogP contribution in [0.3, 0.4) is 0 Å². The van der Waals surface area contributed by atoms with E-state index in [4.69, 9.17) is 31.1 Å². The van der Waals surface area contributed by atoms with Crippen LogP contribution in [0.2, 0.25) is 0 Å². The van der Waals surface area contributed by atoms with Crippen LogP contribution in [0.4, 0.5) is 0 Å². The predicted molar refractivity (Wildman–Crippen MR) is 87.3 cm³/mol. The van der Waals surface area contributed by atoms with Crippen LogP contribution < -0.4 is 0 Å². The third-order valence-electron chi connectivity index (χ3n) is 1.10. The molecule has 0 fully saturated rings. The van der Waals surface area contributed by atoms with Gasteiger partial charge < -0.3 is 37.3 Å². The molecule has 0 spiro atoms. The maximum absolute atomic E-state index is 6.64. The summed E-state index contributed by atoms with van der Waals surface area (Å²) >= 11 is 15.1. The van der Waals surface area contributed by atoms with Crippen molar-refractivity contribution in [3.8, 4) is 0 Å². The number of hydrogen-bond donors (Lipinski definition) is 8. The quantitative estimate of drug-likeness (QED) is 0.106. The van der Waals surface area contributed by atoms with Gasteiger partial charge in [0, 0.05) is 35.1 Å². The number of ether oxygens (including phenoxy) is 2. The average molecular weight is 386 g/mol. The van der Waals surface area contributed by atoms with Crippen molar-refractivity contribution in [2.24, 2.45) is 0 Å². The van der Waals surface area contributed by atoms with Crippen LogP contribution in [0.1, 0.15) is 0 Å². The maximum atomic E-state index is 6.64. The average Bonchev–Trinajstić information content (AvgIpc) is 2.38. The van der Waals surface area contributed by atoms with Crippen molar-refractivity contribution in [3.05, 3.63) is 0 Å². The van der Waals surface area contributed by atoms with Gasteiger partial charge >= 0.3 is 0 Å². The summed E-state index contributed by atoms with van der Waals surface area (Å²) in [5, 5.41) is 26.4. The molecular formula is C8H15N4NiO2S4-.